The molecule has 21 heavy (non-hydrogen) atoms. The van der Waals surface area contributed by atoms with Crippen LogP contribution in [0.15, 0.2) is 36.4 Å². The predicted molar refractivity (Wildman–Crippen MR) is 81.8 cm³/mol. The molecule has 0 fully saturated rings. The lowest BCUT2D eigenvalue weighted by molar-refractivity contribution is -0.385. The third-order valence-electron chi connectivity index (χ3n) is 3.40. The Morgan fingerprint density at radius 2 is 1.90 bits per heavy atom. The molecular formula is C16H15N3O2. The average molecular weight is 281 g/mol. The van der Waals surface area contributed by atoms with Crippen LogP contribution in [0.2, 0.25) is 0 Å². The van der Waals surface area contributed by atoms with Crippen molar-refractivity contribution < 1.29 is 4.92 Å². The van der Waals surface area contributed by atoms with Gasteiger partial charge in [0.25, 0.3) is 5.69 Å². The van der Waals surface area contributed by atoms with Crippen molar-refractivity contribution >= 4 is 17.1 Å². The van der Waals surface area contributed by atoms with Crippen LogP contribution >= 0.6 is 0 Å². The first-order chi connectivity index (χ1) is 9.93. The molecule has 5 heteroatoms. The molecule has 2 rings (SSSR count). The van der Waals surface area contributed by atoms with Crippen LogP contribution < -0.4 is 4.90 Å². The number of rotatable bonds is 3. The van der Waals surface area contributed by atoms with Crippen LogP contribution in [0.3, 0.4) is 0 Å². The minimum atomic E-state index is -0.542. The van der Waals surface area contributed by atoms with Gasteiger partial charge in [-0.15, -0.1) is 0 Å². The molecule has 0 N–H and O–H groups in total. The molecule has 0 saturated heterocycles. The summed E-state index contributed by atoms with van der Waals surface area (Å²) in [7, 11) is 1.87. The van der Waals surface area contributed by atoms with Gasteiger partial charge in [-0.1, -0.05) is 17.7 Å². The molecule has 0 aliphatic rings. The Morgan fingerprint density at radius 1 is 1.19 bits per heavy atom. The Morgan fingerprint density at radius 3 is 2.48 bits per heavy atom. The van der Waals surface area contributed by atoms with E-state index in [1.165, 1.54) is 17.7 Å². The number of hydrogen-bond acceptors (Lipinski definition) is 4. The molecule has 106 valence electrons. The third-order valence-corrected chi connectivity index (χ3v) is 3.40. The molecule has 0 bridgehead atoms. The summed E-state index contributed by atoms with van der Waals surface area (Å²) in [6.45, 7) is 4.03. The first-order valence-electron chi connectivity index (χ1n) is 6.43. The largest absolute Gasteiger partial charge is 0.344 e. The first-order valence-corrected chi connectivity index (χ1v) is 6.43. The number of benzene rings is 2. The fourth-order valence-corrected chi connectivity index (χ4v) is 2.30. The van der Waals surface area contributed by atoms with Crippen LogP contribution in [0.4, 0.5) is 17.1 Å². The zero-order valence-corrected chi connectivity index (χ0v) is 12.1. The number of aryl methyl sites for hydroxylation is 2. The minimum Gasteiger partial charge on any atom is -0.344 e. The number of nitriles is 1. The zero-order chi connectivity index (χ0) is 15.6. The number of hydrogen-bond donors (Lipinski definition) is 0. The van der Waals surface area contributed by atoms with E-state index < -0.39 is 4.92 Å². The van der Waals surface area contributed by atoms with Gasteiger partial charge in [-0.05, 0) is 37.6 Å². The highest BCUT2D eigenvalue weighted by Gasteiger charge is 2.16. The van der Waals surface area contributed by atoms with Gasteiger partial charge in [0.2, 0.25) is 0 Å². The highest BCUT2D eigenvalue weighted by Crippen LogP contribution is 2.30. The quantitative estimate of drug-likeness (QED) is 0.633. The summed E-state index contributed by atoms with van der Waals surface area (Å²) < 4.78 is 0. The molecule has 0 atom stereocenters. The lowest BCUT2D eigenvalue weighted by Gasteiger charge is -2.22. The lowest BCUT2D eigenvalue weighted by atomic mass is 10.1. The summed E-state index contributed by atoms with van der Waals surface area (Å²) in [5.41, 5.74) is 3.91. The Bertz CT molecular complexity index is 748. The van der Waals surface area contributed by atoms with E-state index >= 15 is 0 Å². The Labute approximate surface area is 123 Å². The lowest BCUT2D eigenvalue weighted by Crippen LogP contribution is -2.11. The maximum atomic E-state index is 10.9. The SMILES string of the molecule is Cc1ccc(N(C)c2ccc([N+](=O)[O-])c(C#N)c2)c(C)c1. The zero-order valence-electron chi connectivity index (χ0n) is 12.1. The van der Waals surface area contributed by atoms with E-state index in [-0.39, 0.29) is 11.3 Å². The van der Waals surface area contributed by atoms with E-state index in [9.17, 15) is 10.1 Å². The van der Waals surface area contributed by atoms with Gasteiger partial charge in [-0.3, -0.25) is 10.1 Å². The van der Waals surface area contributed by atoms with Crippen LogP contribution in [-0.2, 0) is 0 Å². The summed E-state index contributed by atoms with van der Waals surface area (Å²) in [6, 6.07) is 12.5. The molecule has 2 aromatic rings. The minimum absolute atomic E-state index is 0.0640. The van der Waals surface area contributed by atoms with Crippen molar-refractivity contribution in [2.24, 2.45) is 0 Å². The maximum absolute atomic E-state index is 10.9. The second kappa shape index (κ2) is 5.63. The van der Waals surface area contributed by atoms with Crippen LogP contribution in [0.1, 0.15) is 16.7 Å². The number of nitro benzene ring substituents is 1. The molecule has 0 aliphatic carbocycles. The smallest absolute Gasteiger partial charge is 0.287 e. The highest BCUT2D eigenvalue weighted by molar-refractivity contribution is 5.69. The molecule has 0 heterocycles. The Balaban J connectivity index is 2.47. The van der Waals surface area contributed by atoms with Gasteiger partial charge in [0.1, 0.15) is 11.6 Å². The van der Waals surface area contributed by atoms with Gasteiger partial charge >= 0.3 is 0 Å². The number of anilines is 2. The second-order valence-corrected chi connectivity index (χ2v) is 4.92. The van der Waals surface area contributed by atoms with E-state index in [0.717, 1.165) is 16.9 Å². The topological polar surface area (TPSA) is 70.2 Å². The van der Waals surface area contributed by atoms with E-state index in [0.29, 0.717) is 0 Å². The van der Waals surface area contributed by atoms with E-state index in [4.69, 9.17) is 5.26 Å². The standard InChI is InChI=1S/C16H15N3O2/c1-11-4-6-15(12(2)8-11)18(3)14-5-7-16(19(20)21)13(9-14)10-17/h4-9H,1-3H3. The molecule has 0 aromatic heterocycles. The van der Waals surface area contributed by atoms with Gasteiger partial charge in [-0.25, -0.2) is 0 Å². The molecule has 2 aromatic carbocycles. The summed E-state index contributed by atoms with van der Waals surface area (Å²) in [4.78, 5) is 12.2. The van der Waals surface area contributed by atoms with Gasteiger partial charge in [0.15, 0.2) is 0 Å². The second-order valence-electron chi connectivity index (χ2n) is 4.92. The third kappa shape index (κ3) is 2.84. The average Bonchev–Trinajstić information content (AvgIpc) is 2.45. The van der Waals surface area contributed by atoms with Gasteiger partial charge in [-0.2, -0.15) is 5.26 Å². The molecule has 0 unspecified atom stereocenters. The highest BCUT2D eigenvalue weighted by atomic mass is 16.6. The molecule has 0 aliphatic heterocycles. The van der Waals surface area contributed by atoms with Crippen LogP contribution in [0, 0.1) is 35.3 Å². The molecule has 0 saturated carbocycles. The molecule has 0 amide bonds. The molecular weight excluding hydrogens is 266 g/mol. The summed E-state index contributed by atoms with van der Waals surface area (Å²) in [5, 5.41) is 19.9. The fraction of sp³-hybridized carbons (Fsp3) is 0.188. The summed E-state index contributed by atoms with van der Waals surface area (Å²) in [5.74, 6) is 0. The Hall–Kier alpha value is -2.87. The van der Waals surface area contributed by atoms with Crippen LogP contribution in [0.5, 0.6) is 0 Å². The molecule has 0 spiro atoms. The van der Waals surface area contributed by atoms with Crippen molar-refractivity contribution in [3.63, 3.8) is 0 Å². The van der Waals surface area contributed by atoms with Crippen molar-refractivity contribution in [2.45, 2.75) is 13.8 Å². The summed E-state index contributed by atoms with van der Waals surface area (Å²) >= 11 is 0. The van der Waals surface area contributed by atoms with Crippen LogP contribution in [-0.4, -0.2) is 12.0 Å². The van der Waals surface area contributed by atoms with E-state index in [2.05, 4.69) is 6.07 Å². The van der Waals surface area contributed by atoms with E-state index in [1.807, 2.05) is 44.0 Å². The molecule has 0 radical (unpaired) electrons. The van der Waals surface area contributed by atoms with Gasteiger partial charge in [0, 0.05) is 24.5 Å². The maximum Gasteiger partial charge on any atom is 0.287 e. The predicted octanol–water partition coefficient (Wildman–Crippen LogP) is 3.85. The first kappa shape index (κ1) is 14.5. The van der Waals surface area contributed by atoms with Crippen molar-refractivity contribution in [1.82, 2.24) is 0 Å². The van der Waals surface area contributed by atoms with Crippen molar-refractivity contribution in [1.29, 1.82) is 5.26 Å². The van der Waals surface area contributed by atoms with E-state index in [1.54, 1.807) is 6.07 Å². The Kier molecular flexibility index (Phi) is 3.90. The van der Waals surface area contributed by atoms with Crippen molar-refractivity contribution in [2.75, 3.05) is 11.9 Å². The van der Waals surface area contributed by atoms with Crippen LogP contribution in [0.25, 0.3) is 0 Å². The monoisotopic (exact) mass is 281 g/mol. The van der Waals surface area contributed by atoms with Gasteiger partial charge < -0.3 is 4.90 Å². The number of nitrogens with zero attached hydrogens (tertiary/aromatic N) is 3. The normalized spacial score (nSPS) is 10.0. The van der Waals surface area contributed by atoms with Crippen molar-refractivity contribution in [3.8, 4) is 6.07 Å². The number of nitro groups is 1. The van der Waals surface area contributed by atoms with Gasteiger partial charge in [0.05, 0.1) is 4.92 Å². The summed E-state index contributed by atoms with van der Waals surface area (Å²) in [6.07, 6.45) is 0. The van der Waals surface area contributed by atoms with Crippen molar-refractivity contribution in [3.05, 3.63) is 63.2 Å². The fourth-order valence-electron chi connectivity index (χ4n) is 2.30. The molecule has 5 nitrogen and oxygen atoms in total.